The molecule has 0 aliphatic rings. The van der Waals surface area contributed by atoms with Crippen LogP contribution in [0.3, 0.4) is 0 Å². The maximum Gasteiger partial charge on any atom is 0.387 e. The molecule has 0 amide bonds. The van der Waals surface area contributed by atoms with Gasteiger partial charge in [-0.15, -0.1) is 0 Å². The van der Waals surface area contributed by atoms with Crippen molar-refractivity contribution in [3.05, 3.63) is 23.8 Å². The predicted molar refractivity (Wildman–Crippen MR) is 49.0 cm³/mol. The number of rotatable bonds is 4. The van der Waals surface area contributed by atoms with Gasteiger partial charge in [-0.1, -0.05) is 5.16 Å². The lowest BCUT2D eigenvalue weighted by Crippen LogP contribution is -2.03. The number of alkyl halides is 2. The molecule has 4 nitrogen and oxygen atoms in total. The molecule has 82 valence electrons. The molecule has 0 unspecified atom stereocenters. The zero-order chi connectivity index (χ0) is 11.3. The summed E-state index contributed by atoms with van der Waals surface area (Å²) in [5.41, 5.74) is 0.510. The van der Waals surface area contributed by atoms with E-state index in [4.69, 9.17) is 9.94 Å². The fourth-order valence-corrected chi connectivity index (χ4v) is 1.02. The number of benzene rings is 1. The van der Waals surface area contributed by atoms with Crippen molar-refractivity contribution >= 4 is 6.21 Å². The van der Waals surface area contributed by atoms with Gasteiger partial charge in [-0.2, -0.15) is 8.78 Å². The van der Waals surface area contributed by atoms with E-state index < -0.39 is 6.61 Å². The highest BCUT2D eigenvalue weighted by Crippen LogP contribution is 2.28. The second kappa shape index (κ2) is 5.14. The quantitative estimate of drug-likeness (QED) is 0.477. The third-order valence-electron chi connectivity index (χ3n) is 1.61. The van der Waals surface area contributed by atoms with Crippen molar-refractivity contribution in [2.45, 2.75) is 6.61 Å². The molecule has 1 rings (SSSR count). The molecule has 0 heterocycles. The van der Waals surface area contributed by atoms with Crippen LogP contribution in [0.25, 0.3) is 0 Å². The first kappa shape index (κ1) is 11.2. The standard InChI is InChI=1S/C9H9F2NO3/c1-14-8-4-6(5-12-13)2-3-7(8)15-9(10)11/h2-5,9,13H,1H3. The maximum absolute atomic E-state index is 11.9. The first-order valence-electron chi connectivity index (χ1n) is 3.97. The number of halogens is 2. The fraction of sp³-hybridized carbons (Fsp3) is 0.222. The summed E-state index contributed by atoms with van der Waals surface area (Å²) in [5, 5.41) is 11.1. The minimum atomic E-state index is -2.91. The lowest BCUT2D eigenvalue weighted by atomic mass is 10.2. The molecule has 0 fully saturated rings. The molecule has 0 aromatic heterocycles. The molecule has 1 N–H and O–H groups in total. The Labute approximate surface area is 84.7 Å². The van der Waals surface area contributed by atoms with Gasteiger partial charge in [0.1, 0.15) is 0 Å². The number of hydrogen-bond acceptors (Lipinski definition) is 4. The van der Waals surface area contributed by atoms with Crippen LogP contribution in [0.4, 0.5) is 8.78 Å². The van der Waals surface area contributed by atoms with E-state index in [0.717, 1.165) is 6.21 Å². The zero-order valence-corrected chi connectivity index (χ0v) is 7.85. The average Bonchev–Trinajstić information content (AvgIpc) is 2.20. The molecular weight excluding hydrogens is 208 g/mol. The fourth-order valence-electron chi connectivity index (χ4n) is 1.02. The van der Waals surface area contributed by atoms with Gasteiger partial charge in [0.15, 0.2) is 11.5 Å². The summed E-state index contributed by atoms with van der Waals surface area (Å²) in [5.74, 6) is 0.0790. The molecule has 1 aromatic rings. The Balaban J connectivity index is 2.98. The van der Waals surface area contributed by atoms with Gasteiger partial charge in [0, 0.05) is 5.56 Å². The van der Waals surface area contributed by atoms with Gasteiger partial charge in [0.2, 0.25) is 0 Å². The Morgan fingerprint density at radius 1 is 1.40 bits per heavy atom. The highest BCUT2D eigenvalue weighted by Gasteiger charge is 2.10. The first-order valence-corrected chi connectivity index (χ1v) is 3.97. The van der Waals surface area contributed by atoms with Crippen LogP contribution in [-0.2, 0) is 0 Å². The molecule has 0 aliphatic heterocycles. The van der Waals surface area contributed by atoms with E-state index in [-0.39, 0.29) is 11.5 Å². The van der Waals surface area contributed by atoms with E-state index in [0.29, 0.717) is 5.56 Å². The van der Waals surface area contributed by atoms with Gasteiger partial charge in [0.05, 0.1) is 13.3 Å². The summed E-state index contributed by atoms with van der Waals surface area (Å²) < 4.78 is 32.9. The van der Waals surface area contributed by atoms with Gasteiger partial charge in [0.25, 0.3) is 0 Å². The zero-order valence-electron chi connectivity index (χ0n) is 7.85. The minimum Gasteiger partial charge on any atom is -0.493 e. The summed E-state index contributed by atoms with van der Waals surface area (Å²) in [4.78, 5) is 0. The van der Waals surface area contributed by atoms with Crippen LogP contribution in [0.2, 0.25) is 0 Å². The summed E-state index contributed by atoms with van der Waals surface area (Å²) in [6.07, 6.45) is 1.15. The third kappa shape index (κ3) is 3.08. The largest absolute Gasteiger partial charge is 0.493 e. The smallest absolute Gasteiger partial charge is 0.387 e. The molecule has 15 heavy (non-hydrogen) atoms. The van der Waals surface area contributed by atoms with E-state index in [1.165, 1.54) is 25.3 Å². The van der Waals surface area contributed by atoms with Crippen molar-refractivity contribution in [3.8, 4) is 11.5 Å². The van der Waals surface area contributed by atoms with Crippen molar-refractivity contribution in [2.24, 2.45) is 5.16 Å². The van der Waals surface area contributed by atoms with Crippen LogP contribution in [0, 0.1) is 0 Å². The Hall–Kier alpha value is -1.85. The minimum absolute atomic E-state index is 0.0670. The second-order valence-corrected chi connectivity index (χ2v) is 2.53. The average molecular weight is 217 g/mol. The number of hydrogen-bond donors (Lipinski definition) is 1. The summed E-state index contributed by atoms with van der Waals surface area (Å²) >= 11 is 0. The first-order chi connectivity index (χ1) is 7.17. The van der Waals surface area contributed by atoms with Crippen molar-refractivity contribution in [1.82, 2.24) is 0 Å². The van der Waals surface area contributed by atoms with Crippen LogP contribution in [0.5, 0.6) is 11.5 Å². The summed E-state index contributed by atoms with van der Waals surface area (Å²) in [6.45, 7) is -2.91. The molecule has 6 heteroatoms. The molecule has 0 saturated heterocycles. The van der Waals surface area contributed by atoms with E-state index in [1.54, 1.807) is 0 Å². The van der Waals surface area contributed by atoms with Crippen LogP contribution in [0.1, 0.15) is 5.56 Å². The maximum atomic E-state index is 11.9. The second-order valence-electron chi connectivity index (χ2n) is 2.53. The molecule has 0 spiro atoms. The number of oxime groups is 1. The summed E-state index contributed by atoms with van der Waals surface area (Å²) in [7, 11) is 1.33. The lowest BCUT2D eigenvalue weighted by molar-refractivity contribution is -0.0512. The predicted octanol–water partition coefficient (Wildman–Crippen LogP) is 2.10. The van der Waals surface area contributed by atoms with Gasteiger partial charge in [-0.25, -0.2) is 0 Å². The van der Waals surface area contributed by atoms with Crippen molar-refractivity contribution in [3.63, 3.8) is 0 Å². The summed E-state index contributed by atoms with van der Waals surface area (Å²) in [6, 6.07) is 4.18. The van der Waals surface area contributed by atoms with Gasteiger partial charge in [-0.3, -0.25) is 0 Å². The Bertz CT molecular complexity index is 355. The Kier molecular flexibility index (Phi) is 3.84. The number of methoxy groups -OCH3 is 1. The topological polar surface area (TPSA) is 51.0 Å². The van der Waals surface area contributed by atoms with Gasteiger partial charge >= 0.3 is 6.61 Å². The van der Waals surface area contributed by atoms with Crippen molar-refractivity contribution in [1.29, 1.82) is 0 Å². The SMILES string of the molecule is COc1cc(C=NO)ccc1OC(F)F. The highest BCUT2D eigenvalue weighted by atomic mass is 19.3. The van der Waals surface area contributed by atoms with E-state index >= 15 is 0 Å². The van der Waals surface area contributed by atoms with Crippen molar-refractivity contribution in [2.75, 3.05) is 7.11 Å². The normalized spacial score (nSPS) is 10.9. The number of ether oxygens (including phenoxy) is 2. The number of nitrogens with zero attached hydrogens (tertiary/aromatic N) is 1. The molecule has 0 bridgehead atoms. The molecule has 0 aliphatic carbocycles. The molecule has 0 radical (unpaired) electrons. The van der Waals surface area contributed by atoms with Gasteiger partial charge in [-0.05, 0) is 18.2 Å². The Morgan fingerprint density at radius 2 is 2.13 bits per heavy atom. The third-order valence-corrected chi connectivity index (χ3v) is 1.61. The highest BCUT2D eigenvalue weighted by molar-refractivity contribution is 5.80. The van der Waals surface area contributed by atoms with E-state index in [1.807, 2.05) is 0 Å². The Morgan fingerprint density at radius 3 is 2.67 bits per heavy atom. The van der Waals surface area contributed by atoms with Gasteiger partial charge < -0.3 is 14.7 Å². The van der Waals surface area contributed by atoms with Crippen LogP contribution in [-0.4, -0.2) is 25.1 Å². The molecule has 0 atom stereocenters. The molecule has 0 saturated carbocycles. The van der Waals surface area contributed by atoms with Crippen molar-refractivity contribution < 1.29 is 23.5 Å². The van der Waals surface area contributed by atoms with Crippen LogP contribution < -0.4 is 9.47 Å². The molecular formula is C9H9F2NO3. The van der Waals surface area contributed by atoms with Crippen LogP contribution in [0.15, 0.2) is 23.4 Å². The van der Waals surface area contributed by atoms with Crippen LogP contribution >= 0.6 is 0 Å². The van der Waals surface area contributed by atoms with E-state index in [2.05, 4.69) is 9.89 Å². The monoisotopic (exact) mass is 217 g/mol. The molecule has 1 aromatic carbocycles. The lowest BCUT2D eigenvalue weighted by Gasteiger charge is -2.09. The van der Waals surface area contributed by atoms with E-state index in [9.17, 15) is 8.78 Å².